The third-order valence-corrected chi connectivity index (χ3v) is 7.05. The minimum atomic E-state index is -0.708. The highest BCUT2D eigenvalue weighted by atomic mass is 19.1. The van der Waals surface area contributed by atoms with E-state index in [-0.39, 0.29) is 30.9 Å². The quantitative estimate of drug-likeness (QED) is 0.498. The average molecular weight is 513 g/mol. The Bertz CT molecular complexity index is 1360. The summed E-state index contributed by atoms with van der Waals surface area (Å²) in [5.41, 5.74) is 3.70. The number of nitrogens with zero attached hydrogens (tertiary/aromatic N) is 3. The Morgan fingerprint density at radius 3 is 2.24 bits per heavy atom. The van der Waals surface area contributed by atoms with Gasteiger partial charge in [-0.15, -0.1) is 0 Å². The van der Waals surface area contributed by atoms with Crippen LogP contribution >= 0.6 is 0 Å². The van der Waals surface area contributed by atoms with Gasteiger partial charge in [0.1, 0.15) is 12.4 Å². The Labute approximate surface area is 221 Å². The van der Waals surface area contributed by atoms with Gasteiger partial charge < -0.3 is 15.1 Å². The van der Waals surface area contributed by atoms with Gasteiger partial charge in [-0.25, -0.2) is 9.18 Å². The summed E-state index contributed by atoms with van der Waals surface area (Å²) in [5.74, 6) is -0.878. The Morgan fingerprint density at radius 2 is 1.58 bits per heavy atom. The second kappa shape index (κ2) is 10.9. The van der Waals surface area contributed by atoms with Gasteiger partial charge in [0.05, 0.1) is 23.9 Å². The second-order valence-corrected chi connectivity index (χ2v) is 9.55. The van der Waals surface area contributed by atoms with Gasteiger partial charge in [0.15, 0.2) is 0 Å². The molecule has 0 spiro atoms. The van der Waals surface area contributed by atoms with Gasteiger partial charge in [-0.1, -0.05) is 72.8 Å². The number of halogens is 1. The molecule has 1 atom stereocenters. The molecule has 0 bridgehead atoms. The summed E-state index contributed by atoms with van der Waals surface area (Å²) in [4.78, 5) is 44.5. The van der Waals surface area contributed by atoms with Crippen molar-refractivity contribution in [2.45, 2.75) is 19.0 Å². The van der Waals surface area contributed by atoms with Crippen molar-refractivity contribution >= 4 is 17.8 Å². The third-order valence-electron chi connectivity index (χ3n) is 7.05. The summed E-state index contributed by atoms with van der Waals surface area (Å²) in [6.07, 6.45) is 0.690. The SMILES string of the molecule is CN1C(=O)NC(c2ccc(F)cc2)C2=C1CN(CC(=O)N(CCc1ccccc1)Cc1ccccc1)C2=O. The smallest absolute Gasteiger partial charge is 0.322 e. The van der Waals surface area contributed by atoms with Gasteiger partial charge in [-0.2, -0.15) is 0 Å². The molecule has 1 unspecified atom stereocenters. The van der Waals surface area contributed by atoms with Crippen molar-refractivity contribution in [1.82, 2.24) is 20.0 Å². The molecule has 1 N–H and O–H groups in total. The van der Waals surface area contributed by atoms with Gasteiger partial charge >= 0.3 is 6.03 Å². The molecule has 38 heavy (non-hydrogen) atoms. The van der Waals surface area contributed by atoms with E-state index < -0.39 is 11.9 Å². The second-order valence-electron chi connectivity index (χ2n) is 9.55. The van der Waals surface area contributed by atoms with Crippen LogP contribution in [0.15, 0.2) is 96.2 Å². The summed E-state index contributed by atoms with van der Waals surface area (Å²) in [6.45, 7) is 0.982. The summed E-state index contributed by atoms with van der Waals surface area (Å²) in [7, 11) is 1.60. The fourth-order valence-corrected chi connectivity index (χ4v) is 4.92. The summed E-state index contributed by atoms with van der Waals surface area (Å²) in [5, 5.41) is 2.84. The molecule has 0 saturated heterocycles. The Morgan fingerprint density at radius 1 is 0.947 bits per heavy atom. The number of rotatable bonds is 8. The first-order valence-corrected chi connectivity index (χ1v) is 12.6. The number of benzene rings is 3. The van der Waals surface area contributed by atoms with Crippen LogP contribution in [-0.2, 0) is 22.6 Å². The van der Waals surface area contributed by atoms with Crippen LogP contribution in [0.3, 0.4) is 0 Å². The first kappa shape index (κ1) is 25.2. The minimum absolute atomic E-state index is 0.106. The zero-order valence-electron chi connectivity index (χ0n) is 21.1. The van der Waals surface area contributed by atoms with Gasteiger partial charge in [-0.3, -0.25) is 14.5 Å². The van der Waals surface area contributed by atoms with Gasteiger partial charge in [0.25, 0.3) is 5.91 Å². The van der Waals surface area contributed by atoms with E-state index in [2.05, 4.69) is 5.32 Å². The van der Waals surface area contributed by atoms with E-state index in [1.807, 2.05) is 60.7 Å². The summed E-state index contributed by atoms with van der Waals surface area (Å²) >= 11 is 0. The van der Waals surface area contributed by atoms with E-state index in [1.54, 1.807) is 24.1 Å². The van der Waals surface area contributed by atoms with Crippen molar-refractivity contribution in [3.63, 3.8) is 0 Å². The lowest BCUT2D eigenvalue weighted by Gasteiger charge is -2.31. The lowest BCUT2D eigenvalue weighted by molar-refractivity contribution is -0.138. The van der Waals surface area contributed by atoms with Crippen LogP contribution in [0, 0.1) is 5.82 Å². The lowest BCUT2D eigenvalue weighted by atomic mass is 9.96. The maximum absolute atomic E-state index is 13.6. The Balaban J connectivity index is 1.34. The number of nitrogens with one attached hydrogen (secondary N) is 1. The number of hydrogen-bond acceptors (Lipinski definition) is 3. The average Bonchev–Trinajstić information content (AvgIpc) is 3.26. The van der Waals surface area contributed by atoms with Crippen LogP contribution in [-0.4, -0.2) is 59.2 Å². The number of carbonyl (C=O) groups excluding carboxylic acids is 3. The van der Waals surface area contributed by atoms with Gasteiger partial charge in [0.2, 0.25) is 5.91 Å². The van der Waals surface area contributed by atoms with Crippen molar-refractivity contribution < 1.29 is 18.8 Å². The standard InChI is InChI=1S/C30H29FN4O3/c1-33-25-19-35(29(37)27(25)28(32-30(33)38)23-12-14-24(31)15-13-23)20-26(36)34(18-22-10-6-3-7-11-22)17-16-21-8-4-2-5-9-21/h2-15,28H,16-20H2,1H3,(H,32,38). The first-order chi connectivity index (χ1) is 18.4. The zero-order chi connectivity index (χ0) is 26.6. The third kappa shape index (κ3) is 5.29. The maximum Gasteiger partial charge on any atom is 0.322 e. The van der Waals surface area contributed by atoms with Crippen molar-refractivity contribution in [3.8, 4) is 0 Å². The van der Waals surface area contributed by atoms with Crippen molar-refractivity contribution in [2.75, 3.05) is 26.7 Å². The molecule has 3 aromatic carbocycles. The molecule has 0 saturated carbocycles. The normalized spacial score (nSPS) is 16.9. The number of amides is 4. The summed E-state index contributed by atoms with van der Waals surface area (Å²) < 4.78 is 13.5. The van der Waals surface area contributed by atoms with Crippen LogP contribution in [0.2, 0.25) is 0 Å². The van der Waals surface area contributed by atoms with E-state index in [4.69, 9.17) is 0 Å². The van der Waals surface area contributed by atoms with E-state index in [9.17, 15) is 18.8 Å². The van der Waals surface area contributed by atoms with Crippen molar-refractivity contribution in [1.29, 1.82) is 0 Å². The topological polar surface area (TPSA) is 73.0 Å². The number of hydrogen-bond donors (Lipinski definition) is 1. The van der Waals surface area contributed by atoms with Crippen LogP contribution in [0.5, 0.6) is 0 Å². The van der Waals surface area contributed by atoms with Crippen LogP contribution in [0.4, 0.5) is 9.18 Å². The molecule has 7 nitrogen and oxygen atoms in total. The van der Waals surface area contributed by atoms with Gasteiger partial charge in [0, 0.05) is 20.1 Å². The minimum Gasteiger partial charge on any atom is -0.337 e. The highest BCUT2D eigenvalue weighted by Crippen LogP contribution is 2.35. The molecule has 0 aliphatic carbocycles. The maximum atomic E-state index is 13.6. The zero-order valence-corrected chi connectivity index (χ0v) is 21.1. The molecule has 0 fully saturated rings. The molecule has 4 amide bonds. The predicted octanol–water partition coefficient (Wildman–Crippen LogP) is 3.89. The van der Waals surface area contributed by atoms with E-state index in [1.165, 1.54) is 21.9 Å². The highest BCUT2D eigenvalue weighted by molar-refractivity contribution is 6.02. The van der Waals surface area contributed by atoms with Gasteiger partial charge in [-0.05, 0) is 35.2 Å². The monoisotopic (exact) mass is 512 g/mol. The van der Waals surface area contributed by atoms with Crippen LogP contribution in [0.25, 0.3) is 0 Å². The van der Waals surface area contributed by atoms with E-state index in [0.29, 0.717) is 36.3 Å². The van der Waals surface area contributed by atoms with Crippen LogP contribution in [0.1, 0.15) is 22.7 Å². The fourth-order valence-electron chi connectivity index (χ4n) is 4.92. The molecule has 194 valence electrons. The molecular weight excluding hydrogens is 483 g/mol. The van der Waals surface area contributed by atoms with Crippen molar-refractivity contribution in [3.05, 3.63) is 119 Å². The number of likely N-dealkylation sites (N-methyl/N-ethyl adjacent to an activating group) is 1. The molecule has 0 aromatic heterocycles. The molecular formula is C30H29FN4O3. The molecule has 5 rings (SSSR count). The molecule has 8 heteroatoms. The van der Waals surface area contributed by atoms with Crippen LogP contribution < -0.4 is 5.32 Å². The molecule has 3 aromatic rings. The van der Waals surface area contributed by atoms with Crippen molar-refractivity contribution in [2.24, 2.45) is 0 Å². The number of carbonyl (C=O) groups is 3. The molecule has 2 aliphatic rings. The Kier molecular flexibility index (Phi) is 7.22. The highest BCUT2D eigenvalue weighted by Gasteiger charge is 2.43. The molecule has 0 radical (unpaired) electrons. The summed E-state index contributed by atoms with van der Waals surface area (Å²) in [6, 6.07) is 24.4. The molecule has 2 aliphatic heterocycles. The fraction of sp³-hybridized carbons (Fsp3) is 0.233. The predicted molar refractivity (Wildman–Crippen MR) is 141 cm³/mol. The lowest BCUT2D eigenvalue weighted by Crippen LogP contribution is -2.45. The first-order valence-electron chi connectivity index (χ1n) is 12.6. The van der Waals surface area contributed by atoms with E-state index in [0.717, 1.165) is 11.1 Å². The van der Waals surface area contributed by atoms with E-state index >= 15 is 0 Å². The molecule has 2 heterocycles. The largest absolute Gasteiger partial charge is 0.337 e. The Hall–Kier alpha value is -4.46. The number of urea groups is 1.